The monoisotopic (exact) mass is 287 g/mol. The minimum absolute atomic E-state index is 0.774. The zero-order valence-electron chi connectivity index (χ0n) is 12.3. The molecule has 20 heavy (non-hydrogen) atoms. The van der Waals surface area contributed by atoms with E-state index in [1.807, 2.05) is 0 Å². The van der Waals surface area contributed by atoms with Crippen LogP contribution in [0.5, 0.6) is 0 Å². The zero-order valence-corrected chi connectivity index (χ0v) is 12.3. The van der Waals surface area contributed by atoms with E-state index in [1.54, 1.807) is 0 Å². The van der Waals surface area contributed by atoms with Crippen molar-refractivity contribution >= 4 is 11.6 Å². The summed E-state index contributed by atoms with van der Waals surface area (Å²) in [6, 6.07) is 0. The summed E-state index contributed by atoms with van der Waals surface area (Å²) in [5.41, 5.74) is 0. The highest BCUT2D eigenvalue weighted by Crippen LogP contribution is 2.18. The second-order valence-electron chi connectivity index (χ2n) is 4.14. The summed E-state index contributed by atoms with van der Waals surface area (Å²) in [5, 5.41) is 20.0. The Bertz CT molecular complexity index is 396. The van der Waals surface area contributed by atoms with Crippen LogP contribution in [-0.4, -0.2) is 45.5 Å². The van der Waals surface area contributed by atoms with E-state index in [9.17, 15) is 20.2 Å². The van der Waals surface area contributed by atoms with Gasteiger partial charge in [0.25, 0.3) is 0 Å². The number of quaternary nitrogens is 1. The minimum atomic E-state index is -0.953. The maximum atomic E-state index is 9.99. The highest BCUT2D eigenvalue weighted by atomic mass is 16.6. The number of hydrogen-bond acceptors (Lipinski definition) is 5. The minimum Gasteiger partial charge on any atom is -0.459 e. The maximum Gasteiger partial charge on any atom is 0.308 e. The number of nitro groups is 2. The fourth-order valence-electron chi connectivity index (χ4n) is 1.85. The van der Waals surface area contributed by atoms with Crippen molar-refractivity contribution in [3.05, 3.63) is 26.6 Å². The van der Waals surface area contributed by atoms with Gasteiger partial charge in [-0.2, -0.15) is 9.91 Å². The van der Waals surface area contributed by atoms with E-state index in [1.165, 1.54) is 30.7 Å². The van der Waals surface area contributed by atoms with Gasteiger partial charge >= 0.3 is 5.82 Å². The number of nitrogens with zero attached hydrogens (tertiary/aromatic N) is 5. The van der Waals surface area contributed by atoms with E-state index in [0.717, 1.165) is 6.33 Å². The van der Waals surface area contributed by atoms with Crippen LogP contribution in [-0.2, 0) is 0 Å². The lowest BCUT2D eigenvalue weighted by atomic mass is 10.3. The Hall–Kier alpha value is -2.03. The van der Waals surface area contributed by atoms with Gasteiger partial charge in [0.2, 0.25) is 5.82 Å². The predicted octanol–water partition coefficient (Wildman–Crippen LogP) is 1.74. The van der Waals surface area contributed by atoms with E-state index in [4.69, 9.17) is 0 Å². The third-order valence-electron chi connectivity index (χ3n) is 3.59. The lowest BCUT2D eigenvalue weighted by Gasteiger charge is -2.34. The average molecular weight is 287 g/mol. The molecule has 0 radical (unpaired) electrons. The van der Waals surface area contributed by atoms with Gasteiger partial charge in [0, 0.05) is 0 Å². The molecular formula is C11H21N5O4. The number of imidazole rings is 1. The first kappa shape index (κ1) is 18.0. The van der Waals surface area contributed by atoms with Crippen LogP contribution in [0.25, 0.3) is 0 Å². The van der Waals surface area contributed by atoms with Crippen LogP contribution in [0, 0.1) is 20.2 Å². The van der Waals surface area contributed by atoms with Crippen LogP contribution in [0.15, 0.2) is 6.33 Å². The SMILES string of the molecule is CC[N+](CC)(CC)CC.O=[N+]([O-])c1nc[n-]c1[N+](=O)[O-]. The van der Waals surface area contributed by atoms with Crippen LogP contribution in [0.2, 0.25) is 0 Å². The van der Waals surface area contributed by atoms with Crippen molar-refractivity contribution < 1.29 is 14.3 Å². The molecule has 1 heterocycles. The molecule has 0 saturated heterocycles. The smallest absolute Gasteiger partial charge is 0.308 e. The van der Waals surface area contributed by atoms with Crippen LogP contribution in [0.1, 0.15) is 27.7 Å². The Morgan fingerprint density at radius 3 is 1.70 bits per heavy atom. The summed E-state index contributed by atoms with van der Waals surface area (Å²) in [6.07, 6.45) is 0.774. The van der Waals surface area contributed by atoms with Crippen LogP contribution in [0.3, 0.4) is 0 Å². The van der Waals surface area contributed by atoms with Crippen molar-refractivity contribution in [2.45, 2.75) is 27.7 Å². The van der Waals surface area contributed by atoms with E-state index < -0.39 is 21.5 Å². The molecule has 0 aliphatic rings. The Balaban J connectivity index is 0.000000370. The van der Waals surface area contributed by atoms with Crippen LogP contribution in [0.4, 0.5) is 11.6 Å². The molecule has 0 saturated carbocycles. The molecule has 0 N–H and O–H groups in total. The Morgan fingerprint density at radius 1 is 1.05 bits per heavy atom. The number of hydrogen-bond donors (Lipinski definition) is 0. The summed E-state index contributed by atoms with van der Waals surface area (Å²) in [7, 11) is 0. The molecule has 1 rings (SSSR count). The van der Waals surface area contributed by atoms with Crippen molar-refractivity contribution in [1.29, 1.82) is 0 Å². The van der Waals surface area contributed by atoms with Crippen molar-refractivity contribution in [3.63, 3.8) is 0 Å². The van der Waals surface area contributed by atoms with Gasteiger partial charge in [-0.3, -0.25) is 0 Å². The molecule has 1 aromatic rings. The highest BCUT2D eigenvalue weighted by molar-refractivity contribution is 5.38. The van der Waals surface area contributed by atoms with Gasteiger partial charge in [-0.25, -0.2) is 4.98 Å². The van der Waals surface area contributed by atoms with Crippen molar-refractivity contribution in [3.8, 4) is 0 Å². The molecule has 0 aromatic carbocycles. The Kier molecular flexibility index (Phi) is 7.37. The van der Waals surface area contributed by atoms with Gasteiger partial charge in [0.15, 0.2) is 0 Å². The van der Waals surface area contributed by atoms with Crippen molar-refractivity contribution in [2.75, 3.05) is 26.2 Å². The molecule has 0 aliphatic heterocycles. The number of rotatable bonds is 6. The third kappa shape index (κ3) is 4.57. The second kappa shape index (κ2) is 8.20. The summed E-state index contributed by atoms with van der Waals surface area (Å²) >= 11 is 0. The molecule has 114 valence electrons. The Morgan fingerprint density at radius 2 is 1.50 bits per heavy atom. The molecule has 0 amide bonds. The molecule has 0 bridgehead atoms. The molecule has 0 unspecified atom stereocenters. The lowest BCUT2D eigenvalue weighted by molar-refractivity contribution is -0.921. The van der Waals surface area contributed by atoms with Crippen molar-refractivity contribution in [1.82, 2.24) is 9.97 Å². The average Bonchev–Trinajstić information content (AvgIpc) is 2.92. The fraction of sp³-hybridized carbons (Fsp3) is 0.727. The van der Waals surface area contributed by atoms with E-state index >= 15 is 0 Å². The van der Waals surface area contributed by atoms with Crippen LogP contribution >= 0.6 is 0 Å². The summed E-state index contributed by atoms with van der Waals surface area (Å²) in [6.45, 7) is 14.2. The quantitative estimate of drug-likeness (QED) is 0.447. The summed E-state index contributed by atoms with van der Waals surface area (Å²) < 4.78 is 1.28. The molecule has 1 aromatic heterocycles. The highest BCUT2D eigenvalue weighted by Gasteiger charge is 2.16. The van der Waals surface area contributed by atoms with Gasteiger partial charge in [0.1, 0.15) is 6.33 Å². The van der Waals surface area contributed by atoms with Crippen molar-refractivity contribution in [2.24, 2.45) is 0 Å². The first-order valence-corrected chi connectivity index (χ1v) is 6.48. The predicted molar refractivity (Wildman–Crippen MR) is 73.3 cm³/mol. The summed E-state index contributed by atoms with van der Waals surface area (Å²) in [4.78, 5) is 24.2. The maximum absolute atomic E-state index is 9.99. The van der Waals surface area contributed by atoms with Gasteiger partial charge in [0.05, 0.1) is 26.2 Å². The summed E-state index contributed by atoms with van der Waals surface area (Å²) in [5.74, 6) is -1.65. The standard InChI is InChI=1S/C8H20N.C3HN4O4/c1-5-9(6-2,7-3)8-4;8-6(9)2-3(7(10)11)5-1-4-2/h5-8H2,1-4H3;1H/q+1;-1. The van der Waals surface area contributed by atoms with E-state index in [2.05, 4.69) is 37.7 Å². The molecule has 9 heteroatoms. The molecular weight excluding hydrogens is 266 g/mol. The number of aromatic nitrogens is 2. The second-order valence-corrected chi connectivity index (χ2v) is 4.14. The Labute approximate surface area is 117 Å². The van der Waals surface area contributed by atoms with Gasteiger partial charge < -0.3 is 24.7 Å². The molecule has 9 nitrogen and oxygen atoms in total. The van der Waals surface area contributed by atoms with Gasteiger partial charge in [-0.15, -0.1) is 0 Å². The molecule has 0 spiro atoms. The van der Waals surface area contributed by atoms with Gasteiger partial charge in [-0.1, -0.05) is 0 Å². The first-order chi connectivity index (χ1) is 9.37. The lowest BCUT2D eigenvalue weighted by Crippen LogP contribution is -2.47. The first-order valence-electron chi connectivity index (χ1n) is 6.48. The molecule has 0 aliphatic carbocycles. The normalized spacial score (nSPS) is 10.6. The van der Waals surface area contributed by atoms with Gasteiger partial charge in [-0.05, 0) is 32.6 Å². The topological polar surface area (TPSA) is 113 Å². The largest absolute Gasteiger partial charge is 0.459 e. The van der Waals surface area contributed by atoms with E-state index in [-0.39, 0.29) is 0 Å². The zero-order chi connectivity index (χ0) is 15.8. The molecule has 0 atom stereocenters. The van der Waals surface area contributed by atoms with Crippen LogP contribution < -0.4 is 4.98 Å². The van der Waals surface area contributed by atoms with E-state index in [0.29, 0.717) is 0 Å². The third-order valence-corrected chi connectivity index (χ3v) is 3.59. The fourth-order valence-corrected chi connectivity index (χ4v) is 1.85. The molecule has 0 fully saturated rings.